The van der Waals surface area contributed by atoms with E-state index in [1.165, 1.54) is 0 Å². The van der Waals surface area contributed by atoms with Crippen LogP contribution >= 0.6 is 12.2 Å². The number of aliphatic hydroxyl groups excluding tert-OH is 1. The summed E-state index contributed by atoms with van der Waals surface area (Å²) < 4.78 is 3.89. The maximum absolute atomic E-state index is 9.05. The van der Waals surface area contributed by atoms with Gasteiger partial charge in [0.05, 0.1) is 0 Å². The lowest BCUT2D eigenvalue weighted by atomic mass is 10.4. The van der Waals surface area contributed by atoms with Gasteiger partial charge in [0, 0.05) is 20.0 Å². The number of hydrogen-bond donors (Lipinski definition) is 2. The maximum atomic E-state index is 9.05. The Bertz CT molecular complexity index is 527. The van der Waals surface area contributed by atoms with Gasteiger partial charge in [0.25, 0.3) is 0 Å². The highest BCUT2D eigenvalue weighted by atomic mass is 32.1. The van der Waals surface area contributed by atoms with Gasteiger partial charge in [-0.3, -0.25) is 9.78 Å². The molecule has 0 aliphatic heterocycles. The summed E-state index contributed by atoms with van der Waals surface area (Å²) in [6.07, 6.45) is 2.30. The van der Waals surface area contributed by atoms with Gasteiger partial charge in [0.1, 0.15) is 12.9 Å². The summed E-state index contributed by atoms with van der Waals surface area (Å²) in [5, 5.41) is 19.7. The molecule has 0 aromatic carbocycles. The van der Waals surface area contributed by atoms with Crippen LogP contribution in [-0.2, 0) is 26.6 Å². The van der Waals surface area contributed by atoms with Gasteiger partial charge in [-0.15, -0.1) is 0 Å². The van der Waals surface area contributed by atoms with Crippen LogP contribution in [-0.4, -0.2) is 34.6 Å². The summed E-state index contributed by atoms with van der Waals surface area (Å²) in [4.78, 5) is 4.11. The van der Waals surface area contributed by atoms with Gasteiger partial charge < -0.3 is 9.67 Å². The monoisotopic (exact) mass is 240 g/mol. The molecular formula is C8H12N6OS. The topological polar surface area (TPSA) is 84.5 Å². The molecule has 0 saturated heterocycles. The smallest absolute Gasteiger partial charge is 0.195 e. The minimum Gasteiger partial charge on any atom is -0.388 e. The predicted molar refractivity (Wildman–Crippen MR) is 58.0 cm³/mol. The molecule has 2 N–H and O–H groups in total. The molecule has 0 aliphatic rings. The van der Waals surface area contributed by atoms with Crippen molar-refractivity contribution in [3.8, 4) is 0 Å². The van der Waals surface area contributed by atoms with E-state index in [4.69, 9.17) is 17.3 Å². The summed E-state index contributed by atoms with van der Waals surface area (Å²) in [6.45, 7) is 0.470. The summed E-state index contributed by atoms with van der Waals surface area (Å²) in [5.41, 5.74) is 0. The molecular weight excluding hydrogens is 228 g/mol. The van der Waals surface area contributed by atoms with E-state index in [1.54, 1.807) is 15.6 Å². The van der Waals surface area contributed by atoms with Crippen molar-refractivity contribution in [1.82, 2.24) is 29.5 Å². The fourth-order valence-electron chi connectivity index (χ4n) is 1.41. The standard InChI is InChI=1S/C8H12N6OS/c1-13-5-9-6(12-13)2-3-14-7(4-15)10-11-8(14)16/h5,15H,2-4H2,1H3,(H,11,16). The fourth-order valence-corrected chi connectivity index (χ4v) is 1.65. The Morgan fingerprint density at radius 1 is 1.56 bits per heavy atom. The quantitative estimate of drug-likeness (QED) is 0.723. The number of hydrogen-bond acceptors (Lipinski definition) is 5. The Hall–Kier alpha value is -1.54. The second-order valence-corrected chi connectivity index (χ2v) is 3.73. The fraction of sp³-hybridized carbons (Fsp3) is 0.500. The molecule has 2 heterocycles. The van der Waals surface area contributed by atoms with E-state index in [9.17, 15) is 0 Å². The lowest BCUT2D eigenvalue weighted by Gasteiger charge is -2.02. The van der Waals surface area contributed by atoms with Gasteiger partial charge in [0.2, 0.25) is 0 Å². The zero-order valence-corrected chi connectivity index (χ0v) is 9.61. The number of aryl methyl sites for hydroxylation is 2. The Labute approximate surface area is 96.8 Å². The highest BCUT2D eigenvalue weighted by molar-refractivity contribution is 7.71. The van der Waals surface area contributed by atoms with Crippen molar-refractivity contribution in [1.29, 1.82) is 0 Å². The molecule has 0 fully saturated rings. The number of H-pyrrole nitrogens is 1. The second-order valence-electron chi connectivity index (χ2n) is 3.34. The van der Waals surface area contributed by atoms with Gasteiger partial charge >= 0.3 is 0 Å². The molecule has 2 rings (SSSR count). The van der Waals surface area contributed by atoms with Crippen molar-refractivity contribution in [2.75, 3.05) is 0 Å². The number of nitrogens with one attached hydrogen (secondary N) is 1. The Morgan fingerprint density at radius 3 is 3.00 bits per heavy atom. The lowest BCUT2D eigenvalue weighted by Crippen LogP contribution is -2.07. The Kier molecular flexibility index (Phi) is 3.11. The molecule has 7 nitrogen and oxygen atoms in total. The molecule has 8 heteroatoms. The second kappa shape index (κ2) is 4.54. The Balaban J connectivity index is 2.09. The van der Waals surface area contributed by atoms with Crippen molar-refractivity contribution in [2.45, 2.75) is 19.6 Å². The number of rotatable bonds is 4. The third-order valence-electron chi connectivity index (χ3n) is 2.18. The zero-order chi connectivity index (χ0) is 11.5. The first-order valence-electron chi connectivity index (χ1n) is 4.80. The van der Waals surface area contributed by atoms with E-state index in [1.807, 2.05) is 7.05 Å². The molecule has 0 atom stereocenters. The Morgan fingerprint density at radius 2 is 2.38 bits per heavy atom. The number of aromatic amines is 1. The van der Waals surface area contributed by atoms with Crippen LogP contribution in [0, 0.1) is 4.77 Å². The van der Waals surface area contributed by atoms with Crippen LogP contribution in [0.3, 0.4) is 0 Å². The molecule has 0 unspecified atom stereocenters. The molecule has 0 amide bonds. The number of nitrogens with zero attached hydrogens (tertiary/aromatic N) is 5. The average molecular weight is 240 g/mol. The first kappa shape index (κ1) is 11.0. The number of aliphatic hydroxyl groups is 1. The molecule has 0 aliphatic carbocycles. The van der Waals surface area contributed by atoms with E-state index in [0.717, 1.165) is 5.82 Å². The summed E-state index contributed by atoms with van der Waals surface area (Å²) in [5.74, 6) is 1.27. The van der Waals surface area contributed by atoms with Crippen LogP contribution in [0.15, 0.2) is 6.33 Å². The van der Waals surface area contributed by atoms with Gasteiger partial charge in [-0.25, -0.2) is 4.98 Å². The average Bonchev–Trinajstić information content (AvgIpc) is 2.82. The summed E-state index contributed by atoms with van der Waals surface area (Å²) >= 11 is 5.05. The van der Waals surface area contributed by atoms with Gasteiger partial charge in [0.15, 0.2) is 16.4 Å². The van der Waals surface area contributed by atoms with Crippen LogP contribution in [0.4, 0.5) is 0 Å². The van der Waals surface area contributed by atoms with E-state index in [-0.39, 0.29) is 6.61 Å². The minimum absolute atomic E-state index is 0.136. The van der Waals surface area contributed by atoms with Gasteiger partial charge in [-0.2, -0.15) is 10.2 Å². The SMILES string of the molecule is Cn1cnc(CCn2c(CO)n[nH]c2=S)n1. The van der Waals surface area contributed by atoms with Crippen molar-refractivity contribution < 1.29 is 5.11 Å². The van der Waals surface area contributed by atoms with Crippen molar-refractivity contribution in [3.05, 3.63) is 22.7 Å². The maximum Gasteiger partial charge on any atom is 0.195 e. The zero-order valence-electron chi connectivity index (χ0n) is 8.79. The van der Waals surface area contributed by atoms with E-state index >= 15 is 0 Å². The van der Waals surface area contributed by atoms with Crippen molar-refractivity contribution >= 4 is 12.2 Å². The highest BCUT2D eigenvalue weighted by Gasteiger charge is 2.06. The van der Waals surface area contributed by atoms with E-state index < -0.39 is 0 Å². The van der Waals surface area contributed by atoms with Crippen LogP contribution in [0.1, 0.15) is 11.6 Å². The van der Waals surface area contributed by atoms with Crippen LogP contribution in [0.5, 0.6) is 0 Å². The number of aromatic nitrogens is 6. The molecule has 0 radical (unpaired) electrons. The summed E-state index contributed by atoms with van der Waals surface area (Å²) in [7, 11) is 1.82. The normalized spacial score (nSPS) is 10.9. The largest absolute Gasteiger partial charge is 0.388 e. The molecule has 2 aromatic heterocycles. The molecule has 16 heavy (non-hydrogen) atoms. The summed E-state index contributed by atoms with van der Waals surface area (Å²) in [6, 6.07) is 0. The molecule has 2 aromatic rings. The van der Waals surface area contributed by atoms with Crippen LogP contribution in [0.2, 0.25) is 0 Å². The van der Waals surface area contributed by atoms with Crippen molar-refractivity contribution in [3.63, 3.8) is 0 Å². The van der Waals surface area contributed by atoms with Gasteiger partial charge in [-0.1, -0.05) is 0 Å². The van der Waals surface area contributed by atoms with E-state index in [2.05, 4.69) is 20.3 Å². The van der Waals surface area contributed by atoms with Crippen molar-refractivity contribution in [2.24, 2.45) is 7.05 Å². The first-order valence-corrected chi connectivity index (χ1v) is 5.21. The van der Waals surface area contributed by atoms with Crippen LogP contribution in [0.25, 0.3) is 0 Å². The van der Waals surface area contributed by atoms with E-state index in [0.29, 0.717) is 23.6 Å². The van der Waals surface area contributed by atoms with Gasteiger partial charge in [-0.05, 0) is 12.2 Å². The molecule has 0 spiro atoms. The van der Waals surface area contributed by atoms with Crippen LogP contribution < -0.4 is 0 Å². The minimum atomic E-state index is -0.136. The third-order valence-corrected chi connectivity index (χ3v) is 2.50. The molecule has 0 bridgehead atoms. The lowest BCUT2D eigenvalue weighted by molar-refractivity contribution is 0.264. The predicted octanol–water partition coefficient (Wildman–Crippen LogP) is -0.196. The molecule has 86 valence electrons. The molecule has 0 saturated carbocycles. The highest BCUT2D eigenvalue weighted by Crippen LogP contribution is 2.00. The third kappa shape index (κ3) is 2.17. The first-order chi connectivity index (χ1) is 7.70.